The van der Waals surface area contributed by atoms with Crippen LogP contribution < -0.4 is 0 Å². The molecule has 1 fully saturated rings. The molecule has 1 aromatic carbocycles. The molecular formula is C11H14NOW-. The van der Waals surface area contributed by atoms with Crippen molar-refractivity contribution in [3.05, 3.63) is 43.3 Å². The van der Waals surface area contributed by atoms with Gasteiger partial charge in [-0.15, -0.1) is 0 Å². The predicted molar refractivity (Wildman–Crippen MR) is 55.1 cm³/mol. The molecule has 0 aromatic heterocycles. The van der Waals surface area contributed by atoms with Gasteiger partial charge in [-0.1, -0.05) is 30.3 Å². The second-order valence-electron chi connectivity index (χ2n) is 2.86. The van der Waals surface area contributed by atoms with Gasteiger partial charge in [0.2, 0.25) is 0 Å². The van der Waals surface area contributed by atoms with Crippen molar-refractivity contribution in [2.75, 3.05) is 13.2 Å². The second kappa shape index (κ2) is 6.91. The van der Waals surface area contributed by atoms with Gasteiger partial charge >= 0.3 is 0 Å². The van der Waals surface area contributed by atoms with E-state index < -0.39 is 0 Å². The fraction of sp³-hybridized carbons (Fsp3) is 0.273. The molecule has 0 saturated carbocycles. The van der Waals surface area contributed by atoms with Gasteiger partial charge in [0, 0.05) is 27.3 Å². The average molecular weight is 360 g/mol. The summed E-state index contributed by atoms with van der Waals surface area (Å²) in [6.45, 7) is 1.68. The largest absolute Gasteiger partial charge is 0.371 e. The van der Waals surface area contributed by atoms with Gasteiger partial charge < -0.3 is 12.2 Å². The number of nitrogens with zero attached hydrogens (tertiary/aromatic N) is 1. The first-order valence-electron chi connectivity index (χ1n) is 4.11. The van der Waals surface area contributed by atoms with Gasteiger partial charge in [0.05, 0.1) is 13.2 Å². The van der Waals surface area contributed by atoms with Crippen molar-refractivity contribution < 1.29 is 25.8 Å². The number of benzene rings is 1. The van der Waals surface area contributed by atoms with E-state index in [-0.39, 0.29) is 28.5 Å². The topological polar surface area (TPSA) is 24.9 Å². The molecule has 14 heavy (non-hydrogen) atoms. The van der Waals surface area contributed by atoms with E-state index in [1.165, 1.54) is 0 Å². The summed E-state index contributed by atoms with van der Waals surface area (Å²) < 4.78 is 5.03. The minimum absolute atomic E-state index is 0. The molecule has 0 N–H and O–H groups in total. The van der Waals surface area contributed by atoms with E-state index in [1.54, 1.807) is 0 Å². The van der Waals surface area contributed by atoms with Crippen LogP contribution in [0.5, 0.6) is 0 Å². The summed E-state index contributed by atoms with van der Waals surface area (Å²) >= 11 is 0. The number of hydrogen-bond acceptors (Lipinski definition) is 2. The van der Waals surface area contributed by atoms with Crippen LogP contribution in [0, 0.1) is 7.43 Å². The smallest absolute Gasteiger partial charge is 0.100 e. The zero-order valence-corrected chi connectivity index (χ0v) is 11.2. The van der Waals surface area contributed by atoms with E-state index in [1.807, 2.05) is 36.5 Å². The molecule has 0 amide bonds. The van der Waals surface area contributed by atoms with Crippen LogP contribution in [0.1, 0.15) is 5.56 Å². The van der Waals surface area contributed by atoms with Crippen molar-refractivity contribution in [3.63, 3.8) is 0 Å². The van der Waals surface area contributed by atoms with Crippen LogP contribution in [0.15, 0.2) is 35.3 Å². The molecular weight excluding hydrogens is 346 g/mol. The summed E-state index contributed by atoms with van der Waals surface area (Å²) in [5.41, 5.74) is 1.15. The molecule has 3 heteroatoms. The maximum atomic E-state index is 5.03. The third-order valence-electron chi connectivity index (χ3n) is 1.75. The van der Waals surface area contributed by atoms with Crippen LogP contribution in [0.2, 0.25) is 0 Å². The molecule has 1 saturated heterocycles. The Hall–Kier alpha value is -0.462. The van der Waals surface area contributed by atoms with E-state index in [0.29, 0.717) is 6.10 Å². The molecule has 1 atom stereocenters. The SMILES string of the molecule is C(=NC[C@H]1CO1)c1ccccc1.[CH3-].[W]. The van der Waals surface area contributed by atoms with Crippen molar-refractivity contribution in [1.29, 1.82) is 0 Å². The average Bonchev–Trinajstić information content (AvgIpc) is 2.90. The number of aliphatic imine (C=N–C) groups is 1. The second-order valence-corrected chi connectivity index (χ2v) is 2.86. The molecule has 0 unspecified atom stereocenters. The van der Waals surface area contributed by atoms with Crippen molar-refractivity contribution in [1.82, 2.24) is 0 Å². The Kier molecular flexibility index (Phi) is 6.69. The first kappa shape index (κ1) is 13.5. The van der Waals surface area contributed by atoms with Crippen LogP contribution in [0.25, 0.3) is 0 Å². The standard InChI is InChI=1S/C10H11NO.CH3.W/c1-2-4-9(5-3-1)6-11-7-10-8-12-10;;/h1-6,10H,7-8H2;1H3;/q;-1;/t10-;;/m0../s1. The molecule has 1 aliphatic rings. The van der Waals surface area contributed by atoms with Crippen LogP contribution >= 0.6 is 0 Å². The summed E-state index contributed by atoms with van der Waals surface area (Å²) in [6, 6.07) is 10.1. The molecule has 1 heterocycles. The Morgan fingerprint density at radius 1 is 1.36 bits per heavy atom. The Morgan fingerprint density at radius 2 is 2.00 bits per heavy atom. The number of ether oxygens (including phenoxy) is 1. The van der Waals surface area contributed by atoms with Gasteiger partial charge in [-0.05, 0) is 5.56 Å². The van der Waals surface area contributed by atoms with Gasteiger partial charge in [-0.25, -0.2) is 0 Å². The summed E-state index contributed by atoms with van der Waals surface area (Å²) in [5, 5.41) is 0. The molecule has 76 valence electrons. The Balaban J connectivity index is 0.000000845. The van der Waals surface area contributed by atoms with Gasteiger partial charge in [-0.3, -0.25) is 4.99 Å². The number of epoxide rings is 1. The van der Waals surface area contributed by atoms with Crippen LogP contribution in [0.3, 0.4) is 0 Å². The normalized spacial score (nSPS) is 18.4. The molecule has 0 aliphatic carbocycles. The molecule has 0 bridgehead atoms. The molecule has 2 nitrogen and oxygen atoms in total. The summed E-state index contributed by atoms with van der Waals surface area (Å²) in [6.07, 6.45) is 2.28. The van der Waals surface area contributed by atoms with Crippen molar-refractivity contribution in [2.24, 2.45) is 4.99 Å². The number of hydrogen-bond donors (Lipinski definition) is 0. The Morgan fingerprint density at radius 3 is 2.57 bits per heavy atom. The van der Waals surface area contributed by atoms with Gasteiger partial charge in [0.15, 0.2) is 0 Å². The maximum absolute atomic E-state index is 5.03. The van der Waals surface area contributed by atoms with Crippen molar-refractivity contribution >= 4 is 6.21 Å². The molecule has 2 rings (SSSR count). The minimum atomic E-state index is 0. The summed E-state index contributed by atoms with van der Waals surface area (Å²) in [7, 11) is 0. The number of rotatable bonds is 3. The van der Waals surface area contributed by atoms with E-state index in [4.69, 9.17) is 4.74 Å². The van der Waals surface area contributed by atoms with E-state index >= 15 is 0 Å². The molecule has 1 aromatic rings. The van der Waals surface area contributed by atoms with Crippen LogP contribution in [-0.4, -0.2) is 25.5 Å². The minimum Gasteiger partial charge on any atom is -0.371 e. The Labute approximate surface area is 99.7 Å². The summed E-state index contributed by atoms with van der Waals surface area (Å²) in [5.74, 6) is 0. The molecule has 0 spiro atoms. The molecule has 1 aliphatic heterocycles. The van der Waals surface area contributed by atoms with Gasteiger partial charge in [-0.2, -0.15) is 0 Å². The quantitative estimate of drug-likeness (QED) is 0.460. The fourth-order valence-electron chi connectivity index (χ4n) is 0.988. The summed E-state index contributed by atoms with van der Waals surface area (Å²) in [4.78, 5) is 4.25. The van der Waals surface area contributed by atoms with Gasteiger partial charge in [0.1, 0.15) is 6.10 Å². The first-order valence-corrected chi connectivity index (χ1v) is 4.11. The van der Waals surface area contributed by atoms with E-state index in [0.717, 1.165) is 18.7 Å². The third kappa shape index (κ3) is 4.68. The zero-order valence-electron chi connectivity index (χ0n) is 8.22. The monoisotopic (exact) mass is 360 g/mol. The zero-order chi connectivity index (χ0) is 8.23. The first-order chi connectivity index (χ1) is 5.95. The van der Waals surface area contributed by atoms with Crippen molar-refractivity contribution in [3.8, 4) is 0 Å². The fourth-order valence-corrected chi connectivity index (χ4v) is 0.988. The van der Waals surface area contributed by atoms with E-state index in [2.05, 4.69) is 4.99 Å². The molecule has 0 radical (unpaired) electrons. The third-order valence-corrected chi connectivity index (χ3v) is 1.75. The van der Waals surface area contributed by atoms with E-state index in [9.17, 15) is 0 Å². The van der Waals surface area contributed by atoms with Crippen molar-refractivity contribution in [2.45, 2.75) is 6.10 Å². The van der Waals surface area contributed by atoms with Crippen LogP contribution in [0.4, 0.5) is 0 Å². The Bertz CT molecular complexity index is 270. The van der Waals surface area contributed by atoms with Crippen LogP contribution in [-0.2, 0) is 25.8 Å². The van der Waals surface area contributed by atoms with Gasteiger partial charge in [0.25, 0.3) is 0 Å². The predicted octanol–water partition coefficient (Wildman–Crippen LogP) is 1.95. The maximum Gasteiger partial charge on any atom is 0.100 e.